The maximum Gasteiger partial charge on any atom is 0.115 e. The molecule has 16 heavy (non-hydrogen) atoms. The third kappa shape index (κ3) is 2.94. The van der Waals surface area contributed by atoms with Crippen molar-refractivity contribution < 1.29 is 5.11 Å². The molecule has 1 nitrogen and oxygen atoms in total. The number of phenolic OH excluding ortho intramolecular Hbond substituents is 1. The number of benzene rings is 1. The third-order valence-electron chi connectivity index (χ3n) is 3.49. The second kappa shape index (κ2) is 5.62. The van der Waals surface area contributed by atoms with Crippen molar-refractivity contribution in [3.8, 4) is 5.75 Å². The molecule has 0 amide bonds. The largest absolute Gasteiger partial charge is 0.508 e. The molecular formula is C14H20OS. The molecule has 0 heterocycles. The van der Waals surface area contributed by atoms with Crippen molar-refractivity contribution in [2.75, 3.05) is 0 Å². The number of thioether (sulfide) groups is 1. The number of aromatic hydroxyl groups is 1. The molecule has 2 atom stereocenters. The van der Waals surface area contributed by atoms with Crippen molar-refractivity contribution in [2.45, 2.75) is 49.2 Å². The van der Waals surface area contributed by atoms with E-state index in [4.69, 9.17) is 0 Å². The summed E-state index contributed by atoms with van der Waals surface area (Å²) in [6.07, 6.45) is 6.84. The van der Waals surface area contributed by atoms with Gasteiger partial charge in [-0.3, -0.25) is 0 Å². The van der Waals surface area contributed by atoms with Gasteiger partial charge in [0.25, 0.3) is 0 Å². The number of phenols is 1. The maximum absolute atomic E-state index is 9.25. The Kier molecular flexibility index (Phi) is 4.16. The summed E-state index contributed by atoms with van der Waals surface area (Å²) in [6, 6.07) is 7.63. The van der Waals surface area contributed by atoms with Crippen LogP contribution in [0.5, 0.6) is 5.75 Å². The van der Waals surface area contributed by atoms with Gasteiger partial charge in [-0.25, -0.2) is 0 Å². The lowest BCUT2D eigenvalue weighted by atomic mass is 9.87. The lowest BCUT2D eigenvalue weighted by Gasteiger charge is -2.30. The zero-order valence-electron chi connectivity index (χ0n) is 9.86. The molecule has 1 fully saturated rings. The molecule has 1 saturated carbocycles. The van der Waals surface area contributed by atoms with Crippen LogP contribution in [0.4, 0.5) is 0 Å². The van der Waals surface area contributed by atoms with E-state index in [0.29, 0.717) is 5.75 Å². The average molecular weight is 236 g/mol. The van der Waals surface area contributed by atoms with Crippen LogP contribution in [0, 0.1) is 5.92 Å². The maximum atomic E-state index is 9.25. The third-order valence-corrected chi connectivity index (χ3v) is 4.96. The summed E-state index contributed by atoms with van der Waals surface area (Å²) in [5.74, 6) is 1.24. The number of hydrogen-bond donors (Lipinski definition) is 1. The first-order chi connectivity index (χ1) is 7.79. The SMILES string of the molecule is CCC1CCCCC1Sc1ccc(O)cc1. The minimum atomic E-state index is 0.361. The normalized spacial score (nSPS) is 25.6. The summed E-state index contributed by atoms with van der Waals surface area (Å²) in [5.41, 5.74) is 0. The van der Waals surface area contributed by atoms with Gasteiger partial charge in [-0.05, 0) is 43.0 Å². The topological polar surface area (TPSA) is 20.2 Å². The number of hydrogen-bond acceptors (Lipinski definition) is 2. The fourth-order valence-electron chi connectivity index (χ4n) is 2.50. The summed E-state index contributed by atoms with van der Waals surface area (Å²) in [4.78, 5) is 1.29. The molecule has 0 bridgehead atoms. The average Bonchev–Trinajstić information content (AvgIpc) is 2.33. The molecule has 1 aliphatic rings. The van der Waals surface area contributed by atoms with E-state index in [2.05, 4.69) is 6.92 Å². The summed E-state index contributed by atoms with van der Waals surface area (Å²) in [7, 11) is 0. The molecule has 0 aliphatic heterocycles. The van der Waals surface area contributed by atoms with Crippen molar-refractivity contribution in [1.82, 2.24) is 0 Å². The highest BCUT2D eigenvalue weighted by atomic mass is 32.2. The quantitative estimate of drug-likeness (QED) is 0.836. The van der Waals surface area contributed by atoms with E-state index in [-0.39, 0.29) is 0 Å². The molecule has 0 saturated heterocycles. The first kappa shape index (κ1) is 11.8. The molecule has 2 rings (SSSR count). The minimum absolute atomic E-state index is 0.361. The summed E-state index contributed by atoms with van der Waals surface area (Å²) in [5, 5.41) is 10.0. The summed E-state index contributed by atoms with van der Waals surface area (Å²) < 4.78 is 0. The molecule has 0 radical (unpaired) electrons. The standard InChI is InChI=1S/C14H20OS/c1-2-11-5-3-4-6-14(11)16-13-9-7-12(15)8-10-13/h7-11,14-15H,2-6H2,1H3. The van der Waals surface area contributed by atoms with E-state index in [0.717, 1.165) is 11.2 Å². The monoisotopic (exact) mass is 236 g/mol. The fraction of sp³-hybridized carbons (Fsp3) is 0.571. The van der Waals surface area contributed by atoms with Gasteiger partial charge in [0.2, 0.25) is 0 Å². The van der Waals surface area contributed by atoms with E-state index >= 15 is 0 Å². The Bertz CT molecular complexity index is 320. The van der Waals surface area contributed by atoms with Crippen LogP contribution in [0.2, 0.25) is 0 Å². The van der Waals surface area contributed by atoms with Gasteiger partial charge in [0.15, 0.2) is 0 Å². The zero-order valence-corrected chi connectivity index (χ0v) is 10.7. The molecule has 1 aromatic carbocycles. The Morgan fingerprint density at radius 2 is 1.88 bits per heavy atom. The van der Waals surface area contributed by atoms with Crippen LogP contribution in [0.3, 0.4) is 0 Å². The van der Waals surface area contributed by atoms with Gasteiger partial charge in [0.05, 0.1) is 0 Å². The lowest BCUT2D eigenvalue weighted by molar-refractivity contribution is 0.361. The van der Waals surface area contributed by atoms with Crippen molar-refractivity contribution >= 4 is 11.8 Å². The Labute approximate surface area is 102 Å². The Balaban J connectivity index is 1.99. The molecule has 0 aromatic heterocycles. The van der Waals surface area contributed by atoms with E-state index < -0.39 is 0 Å². The van der Waals surface area contributed by atoms with Crippen LogP contribution in [-0.2, 0) is 0 Å². The number of rotatable bonds is 3. The first-order valence-corrected chi connectivity index (χ1v) is 7.13. The molecular weight excluding hydrogens is 216 g/mol. The molecule has 1 aromatic rings. The second-order valence-electron chi connectivity index (χ2n) is 4.60. The van der Waals surface area contributed by atoms with Gasteiger partial charge >= 0.3 is 0 Å². The van der Waals surface area contributed by atoms with Crippen molar-refractivity contribution in [1.29, 1.82) is 0 Å². The van der Waals surface area contributed by atoms with Gasteiger partial charge in [-0.2, -0.15) is 0 Å². The molecule has 2 unspecified atom stereocenters. The Morgan fingerprint density at radius 3 is 2.56 bits per heavy atom. The predicted molar refractivity (Wildman–Crippen MR) is 70.0 cm³/mol. The summed E-state index contributed by atoms with van der Waals surface area (Å²) >= 11 is 1.99. The van der Waals surface area contributed by atoms with Gasteiger partial charge in [0.1, 0.15) is 5.75 Å². The molecule has 88 valence electrons. The van der Waals surface area contributed by atoms with Gasteiger partial charge < -0.3 is 5.11 Å². The van der Waals surface area contributed by atoms with Crippen molar-refractivity contribution in [3.05, 3.63) is 24.3 Å². The van der Waals surface area contributed by atoms with Crippen LogP contribution >= 0.6 is 11.8 Å². The van der Waals surface area contributed by atoms with E-state index in [1.807, 2.05) is 23.9 Å². The lowest BCUT2D eigenvalue weighted by Crippen LogP contribution is -2.20. The molecule has 2 heteroatoms. The van der Waals surface area contributed by atoms with Gasteiger partial charge in [0, 0.05) is 10.1 Å². The fourth-order valence-corrected chi connectivity index (χ4v) is 3.94. The smallest absolute Gasteiger partial charge is 0.115 e. The zero-order chi connectivity index (χ0) is 11.4. The van der Waals surface area contributed by atoms with Gasteiger partial charge in [-0.1, -0.05) is 26.2 Å². The van der Waals surface area contributed by atoms with Crippen molar-refractivity contribution in [2.24, 2.45) is 5.92 Å². The van der Waals surface area contributed by atoms with Gasteiger partial charge in [-0.15, -0.1) is 11.8 Å². The molecule has 1 aliphatic carbocycles. The first-order valence-electron chi connectivity index (χ1n) is 6.25. The van der Waals surface area contributed by atoms with Crippen LogP contribution in [0.1, 0.15) is 39.0 Å². The molecule has 0 spiro atoms. The van der Waals surface area contributed by atoms with Crippen LogP contribution in [-0.4, -0.2) is 10.4 Å². The Hall–Kier alpha value is -0.630. The second-order valence-corrected chi connectivity index (χ2v) is 5.92. The van der Waals surface area contributed by atoms with E-state index in [1.54, 1.807) is 12.1 Å². The molecule has 1 N–H and O–H groups in total. The highest BCUT2D eigenvalue weighted by Gasteiger charge is 2.24. The van der Waals surface area contributed by atoms with E-state index in [1.165, 1.54) is 37.0 Å². The van der Waals surface area contributed by atoms with E-state index in [9.17, 15) is 5.11 Å². The summed E-state index contributed by atoms with van der Waals surface area (Å²) in [6.45, 7) is 2.31. The highest BCUT2D eigenvalue weighted by Crippen LogP contribution is 2.39. The van der Waals surface area contributed by atoms with Crippen LogP contribution < -0.4 is 0 Å². The predicted octanol–water partition coefficient (Wildman–Crippen LogP) is 4.45. The van der Waals surface area contributed by atoms with Crippen molar-refractivity contribution in [3.63, 3.8) is 0 Å². The highest BCUT2D eigenvalue weighted by molar-refractivity contribution is 8.00. The van der Waals surface area contributed by atoms with Crippen LogP contribution in [0.25, 0.3) is 0 Å². The minimum Gasteiger partial charge on any atom is -0.508 e. The Morgan fingerprint density at radius 1 is 1.19 bits per heavy atom. The van der Waals surface area contributed by atoms with Crippen LogP contribution in [0.15, 0.2) is 29.2 Å².